The zero-order chi connectivity index (χ0) is 19.7. The third-order valence-electron chi connectivity index (χ3n) is 4.14. The number of nitrogens with one attached hydrogen (secondary N) is 2. The molecule has 0 saturated heterocycles. The van der Waals surface area contributed by atoms with Crippen molar-refractivity contribution in [3.05, 3.63) is 74.0 Å². The molecule has 1 unspecified atom stereocenters. The molecule has 0 aliphatic rings. The topological polar surface area (TPSA) is 136 Å². The molecule has 8 heteroatoms. The second-order valence-electron chi connectivity index (χ2n) is 6.03. The molecule has 3 rings (SSSR count). The molecule has 3 aromatic rings. The van der Waals surface area contributed by atoms with Gasteiger partial charge < -0.3 is 26.0 Å². The summed E-state index contributed by atoms with van der Waals surface area (Å²) in [6.45, 7) is 1.76. The number of hydrogen-bond acceptors (Lipinski definition) is 7. The average molecular weight is 368 g/mol. The number of carboxylic acid groups (broad SMARTS) is 1. The SMILES string of the molecule is CC(Nc1c(Nc2ccc(O)c(C(=O)O)c2)c(=O)c1=O)c1cccc(O)c1. The summed E-state index contributed by atoms with van der Waals surface area (Å²) in [5, 5.41) is 33.8. The second kappa shape index (κ2) is 6.83. The molecule has 0 heterocycles. The van der Waals surface area contributed by atoms with Crippen LogP contribution in [-0.2, 0) is 0 Å². The fourth-order valence-corrected chi connectivity index (χ4v) is 2.67. The van der Waals surface area contributed by atoms with Gasteiger partial charge in [0, 0.05) is 11.7 Å². The number of hydrogen-bond donors (Lipinski definition) is 5. The summed E-state index contributed by atoms with van der Waals surface area (Å²) < 4.78 is 0. The van der Waals surface area contributed by atoms with Gasteiger partial charge >= 0.3 is 5.97 Å². The molecular formula is C19H16N2O6. The van der Waals surface area contributed by atoms with Crippen molar-refractivity contribution in [2.45, 2.75) is 13.0 Å². The van der Waals surface area contributed by atoms with Crippen molar-refractivity contribution in [3.8, 4) is 11.5 Å². The van der Waals surface area contributed by atoms with E-state index in [0.717, 1.165) is 6.07 Å². The normalized spacial score (nSPS) is 11.9. The molecule has 0 bridgehead atoms. The van der Waals surface area contributed by atoms with Crippen LogP contribution in [0.3, 0.4) is 0 Å². The third-order valence-corrected chi connectivity index (χ3v) is 4.14. The third kappa shape index (κ3) is 3.45. The van der Waals surface area contributed by atoms with Gasteiger partial charge in [-0.05, 0) is 42.8 Å². The molecule has 8 nitrogen and oxygen atoms in total. The van der Waals surface area contributed by atoms with Gasteiger partial charge in [0.05, 0.1) is 0 Å². The molecule has 0 aromatic heterocycles. The summed E-state index contributed by atoms with van der Waals surface area (Å²) in [6.07, 6.45) is 0. The molecule has 0 aliphatic carbocycles. The summed E-state index contributed by atoms with van der Waals surface area (Å²) in [6, 6.07) is 9.84. The highest BCUT2D eigenvalue weighted by molar-refractivity contribution is 5.92. The van der Waals surface area contributed by atoms with Crippen LogP contribution >= 0.6 is 0 Å². The number of phenols is 2. The first-order valence-electron chi connectivity index (χ1n) is 8.00. The van der Waals surface area contributed by atoms with Crippen molar-refractivity contribution >= 4 is 23.0 Å². The van der Waals surface area contributed by atoms with Crippen molar-refractivity contribution < 1.29 is 20.1 Å². The van der Waals surface area contributed by atoms with Gasteiger partial charge in [0.25, 0.3) is 10.9 Å². The Labute approximate surface area is 153 Å². The van der Waals surface area contributed by atoms with E-state index in [4.69, 9.17) is 5.11 Å². The predicted octanol–water partition coefficient (Wildman–Crippen LogP) is 2.31. The number of anilines is 3. The molecule has 1 atom stereocenters. The average Bonchev–Trinajstić information content (AvgIpc) is 2.65. The lowest BCUT2D eigenvalue weighted by atomic mass is 10.1. The van der Waals surface area contributed by atoms with Gasteiger partial charge in [0.1, 0.15) is 28.4 Å². The number of carboxylic acids is 1. The summed E-state index contributed by atoms with van der Waals surface area (Å²) >= 11 is 0. The minimum atomic E-state index is -1.32. The summed E-state index contributed by atoms with van der Waals surface area (Å²) in [7, 11) is 0. The number of rotatable bonds is 6. The minimum Gasteiger partial charge on any atom is -0.508 e. The van der Waals surface area contributed by atoms with Gasteiger partial charge in [-0.2, -0.15) is 0 Å². The molecular weight excluding hydrogens is 352 g/mol. The Kier molecular flexibility index (Phi) is 4.55. The largest absolute Gasteiger partial charge is 0.508 e. The van der Waals surface area contributed by atoms with Crippen LogP contribution in [0.25, 0.3) is 0 Å². The summed E-state index contributed by atoms with van der Waals surface area (Å²) in [4.78, 5) is 35.0. The van der Waals surface area contributed by atoms with E-state index in [9.17, 15) is 24.6 Å². The number of phenolic OH excluding ortho intramolecular Hbond substituents is 1. The molecule has 0 aliphatic heterocycles. The van der Waals surface area contributed by atoms with Crippen LogP contribution in [0.4, 0.5) is 17.1 Å². The van der Waals surface area contributed by atoms with E-state index >= 15 is 0 Å². The Morgan fingerprint density at radius 3 is 2.37 bits per heavy atom. The van der Waals surface area contributed by atoms with Crippen molar-refractivity contribution in [1.82, 2.24) is 0 Å². The van der Waals surface area contributed by atoms with E-state index < -0.39 is 22.6 Å². The molecule has 5 N–H and O–H groups in total. The monoisotopic (exact) mass is 368 g/mol. The van der Waals surface area contributed by atoms with E-state index in [1.54, 1.807) is 19.1 Å². The van der Waals surface area contributed by atoms with Gasteiger partial charge in [0.2, 0.25) is 0 Å². The Hall–Kier alpha value is -3.81. The van der Waals surface area contributed by atoms with Crippen molar-refractivity contribution in [1.29, 1.82) is 0 Å². The maximum Gasteiger partial charge on any atom is 0.339 e. The maximum atomic E-state index is 11.9. The fourth-order valence-electron chi connectivity index (χ4n) is 2.67. The Morgan fingerprint density at radius 2 is 1.70 bits per heavy atom. The standard InChI is InChI=1S/C19H16N2O6/c1-9(10-3-2-4-12(22)7-10)20-15-16(18(25)17(15)24)21-11-5-6-14(23)13(8-11)19(26)27/h2-9,20-23H,1H3,(H,26,27). The minimum absolute atomic E-state index is 0.00836. The highest BCUT2D eigenvalue weighted by Crippen LogP contribution is 2.28. The zero-order valence-corrected chi connectivity index (χ0v) is 14.2. The Balaban J connectivity index is 1.86. The van der Waals surface area contributed by atoms with Crippen LogP contribution in [0.15, 0.2) is 52.1 Å². The summed E-state index contributed by atoms with van der Waals surface area (Å²) in [5.41, 5.74) is -0.722. The van der Waals surface area contributed by atoms with Crippen LogP contribution < -0.4 is 21.5 Å². The van der Waals surface area contributed by atoms with E-state index in [-0.39, 0.29) is 34.4 Å². The van der Waals surface area contributed by atoms with E-state index in [1.807, 2.05) is 0 Å². The van der Waals surface area contributed by atoms with Crippen LogP contribution in [0.1, 0.15) is 28.9 Å². The van der Waals surface area contributed by atoms with Crippen molar-refractivity contribution in [3.63, 3.8) is 0 Å². The highest BCUT2D eigenvalue weighted by Gasteiger charge is 2.23. The molecule has 0 radical (unpaired) electrons. The van der Waals surface area contributed by atoms with Crippen LogP contribution in [0.5, 0.6) is 11.5 Å². The predicted molar refractivity (Wildman–Crippen MR) is 99.8 cm³/mol. The first-order valence-corrected chi connectivity index (χ1v) is 8.00. The quantitative estimate of drug-likeness (QED) is 0.330. The van der Waals surface area contributed by atoms with Crippen molar-refractivity contribution in [2.75, 3.05) is 10.6 Å². The van der Waals surface area contributed by atoms with Gasteiger partial charge in [0.15, 0.2) is 0 Å². The number of aromatic hydroxyl groups is 2. The molecule has 0 spiro atoms. The van der Waals surface area contributed by atoms with E-state index in [1.165, 1.54) is 24.3 Å². The first kappa shape index (κ1) is 18.0. The van der Waals surface area contributed by atoms with Crippen molar-refractivity contribution in [2.24, 2.45) is 0 Å². The van der Waals surface area contributed by atoms with Gasteiger partial charge in [-0.25, -0.2) is 4.79 Å². The lowest BCUT2D eigenvalue weighted by molar-refractivity contribution is 0.0694. The molecule has 3 aromatic carbocycles. The summed E-state index contributed by atoms with van der Waals surface area (Å²) in [5.74, 6) is -1.65. The molecule has 0 fully saturated rings. The Bertz CT molecular complexity index is 1100. The molecule has 0 amide bonds. The number of aromatic carboxylic acids is 1. The number of carbonyl (C=O) groups is 1. The molecule has 0 saturated carbocycles. The zero-order valence-electron chi connectivity index (χ0n) is 14.2. The molecule has 27 heavy (non-hydrogen) atoms. The first-order chi connectivity index (χ1) is 12.8. The lowest BCUT2D eigenvalue weighted by Gasteiger charge is -2.20. The lowest BCUT2D eigenvalue weighted by Crippen LogP contribution is -2.37. The number of benzene rings is 2. The maximum absolute atomic E-state index is 11.9. The van der Waals surface area contributed by atoms with Gasteiger partial charge in [-0.15, -0.1) is 0 Å². The van der Waals surface area contributed by atoms with Crippen LogP contribution in [-0.4, -0.2) is 21.3 Å². The van der Waals surface area contributed by atoms with E-state index in [0.29, 0.717) is 5.56 Å². The smallest absolute Gasteiger partial charge is 0.339 e. The van der Waals surface area contributed by atoms with E-state index in [2.05, 4.69) is 10.6 Å². The van der Waals surface area contributed by atoms with Crippen LogP contribution in [0.2, 0.25) is 0 Å². The fraction of sp³-hybridized carbons (Fsp3) is 0.105. The Morgan fingerprint density at radius 1 is 1.00 bits per heavy atom. The molecule has 138 valence electrons. The highest BCUT2D eigenvalue weighted by atomic mass is 16.4. The van der Waals surface area contributed by atoms with Gasteiger partial charge in [-0.1, -0.05) is 12.1 Å². The second-order valence-corrected chi connectivity index (χ2v) is 6.03. The van der Waals surface area contributed by atoms with Gasteiger partial charge in [-0.3, -0.25) is 9.59 Å². The van der Waals surface area contributed by atoms with Crippen LogP contribution in [0, 0.1) is 0 Å².